The molecule has 0 aromatic carbocycles. The molecular formula is C6H9OPS. The van der Waals surface area contributed by atoms with Gasteiger partial charge in [0.05, 0.1) is 5.60 Å². The number of hydrogen-bond donors (Lipinski definition) is 1. The second-order valence-electron chi connectivity index (χ2n) is 2.47. The lowest BCUT2D eigenvalue weighted by Gasteiger charge is -2.13. The van der Waals surface area contributed by atoms with Gasteiger partial charge in [-0.15, -0.1) is 10.9 Å². The van der Waals surface area contributed by atoms with Gasteiger partial charge in [-0.2, -0.15) is 0 Å². The molecule has 9 heavy (non-hydrogen) atoms. The summed E-state index contributed by atoms with van der Waals surface area (Å²) in [5.41, 5.74) is 0.394. The summed E-state index contributed by atoms with van der Waals surface area (Å²) in [5, 5.41) is 11.4. The Balaban J connectivity index is 2.90. The van der Waals surface area contributed by atoms with Crippen LogP contribution in [0.4, 0.5) is 0 Å². The summed E-state index contributed by atoms with van der Waals surface area (Å²) >= 11 is 0. The lowest BCUT2D eigenvalue weighted by molar-refractivity contribution is 0.0793. The first-order valence-corrected chi connectivity index (χ1v) is 5.18. The van der Waals surface area contributed by atoms with Crippen LogP contribution in [0.15, 0.2) is 11.2 Å². The van der Waals surface area contributed by atoms with Crippen LogP contribution in [0.3, 0.4) is 0 Å². The number of aliphatic hydroxyl groups is 1. The first-order chi connectivity index (χ1) is 4.11. The third-order valence-electron chi connectivity index (χ3n) is 1.14. The van der Waals surface area contributed by atoms with Crippen molar-refractivity contribution in [2.45, 2.75) is 19.4 Å². The quantitative estimate of drug-likeness (QED) is 0.669. The van der Waals surface area contributed by atoms with Crippen LogP contribution < -0.4 is 0 Å². The van der Waals surface area contributed by atoms with Crippen molar-refractivity contribution >= 4 is 18.3 Å². The molecule has 1 rings (SSSR count). The molecule has 1 aromatic heterocycles. The molecule has 1 N–H and O–H groups in total. The van der Waals surface area contributed by atoms with Gasteiger partial charge in [-0.25, -0.2) is 0 Å². The summed E-state index contributed by atoms with van der Waals surface area (Å²) < 4.78 is 0. The summed E-state index contributed by atoms with van der Waals surface area (Å²) in [5.74, 6) is 2.03. The molecule has 0 amide bonds. The zero-order valence-corrected chi connectivity index (χ0v) is 7.17. The molecule has 0 fully saturated rings. The molecule has 0 radical (unpaired) electrons. The Labute approximate surface area is 60.2 Å². The highest BCUT2D eigenvalue weighted by atomic mass is 32.5. The van der Waals surface area contributed by atoms with Crippen LogP contribution in [0, 0.1) is 0 Å². The van der Waals surface area contributed by atoms with E-state index in [1.807, 2.05) is 11.2 Å². The molecule has 0 spiro atoms. The van der Waals surface area contributed by atoms with Crippen molar-refractivity contribution in [3.8, 4) is 0 Å². The molecule has 0 saturated heterocycles. The molecule has 0 aliphatic heterocycles. The summed E-state index contributed by atoms with van der Waals surface area (Å²) in [6.45, 7) is 3.60. The highest BCUT2D eigenvalue weighted by Gasteiger charge is 2.15. The van der Waals surface area contributed by atoms with Gasteiger partial charge in [-0.05, 0) is 32.6 Å². The summed E-state index contributed by atoms with van der Waals surface area (Å²) in [6.07, 6.45) is 0. The van der Waals surface area contributed by atoms with Gasteiger partial charge in [0.2, 0.25) is 0 Å². The van der Waals surface area contributed by atoms with Crippen molar-refractivity contribution < 1.29 is 5.11 Å². The predicted octanol–water partition coefficient (Wildman–Crippen LogP) is 2.56. The first kappa shape index (κ1) is 7.20. The Morgan fingerprint density at radius 2 is 2.33 bits per heavy atom. The fourth-order valence-electron chi connectivity index (χ4n) is 0.507. The van der Waals surface area contributed by atoms with Crippen LogP contribution in [-0.4, -0.2) is 5.11 Å². The Morgan fingerprint density at radius 1 is 1.67 bits per heavy atom. The van der Waals surface area contributed by atoms with E-state index >= 15 is 0 Å². The van der Waals surface area contributed by atoms with E-state index in [0.717, 1.165) is 5.56 Å². The average molecular weight is 160 g/mol. The lowest BCUT2D eigenvalue weighted by Crippen LogP contribution is -2.13. The van der Waals surface area contributed by atoms with E-state index < -0.39 is 5.60 Å². The standard InChI is InChI=1S/C6H9OPS/c1-6(2,7)5-3-8-9-4-5/h3-4,7H,1-2H3. The van der Waals surface area contributed by atoms with Crippen LogP contribution in [0.25, 0.3) is 0 Å². The Bertz CT molecular complexity index is 175. The lowest BCUT2D eigenvalue weighted by atomic mass is 10.0. The molecular weight excluding hydrogens is 151 g/mol. The molecule has 3 heteroatoms. The van der Waals surface area contributed by atoms with Gasteiger partial charge in [-0.3, -0.25) is 0 Å². The second-order valence-corrected chi connectivity index (χ2v) is 4.65. The van der Waals surface area contributed by atoms with Gasteiger partial charge >= 0.3 is 0 Å². The minimum atomic E-state index is -0.642. The molecule has 0 bridgehead atoms. The average Bonchev–Trinajstić information content (AvgIpc) is 2.08. The predicted molar refractivity (Wildman–Crippen MR) is 42.1 cm³/mol. The van der Waals surface area contributed by atoms with E-state index in [0.29, 0.717) is 0 Å². The van der Waals surface area contributed by atoms with E-state index in [4.69, 9.17) is 0 Å². The minimum absolute atomic E-state index is 0.642. The number of hydrogen-bond acceptors (Lipinski definition) is 2. The van der Waals surface area contributed by atoms with Crippen LogP contribution >= 0.6 is 18.3 Å². The Kier molecular flexibility index (Phi) is 1.90. The molecule has 0 saturated carbocycles. The molecule has 0 atom stereocenters. The van der Waals surface area contributed by atoms with Gasteiger partial charge in [0.1, 0.15) is 0 Å². The molecule has 1 nitrogen and oxygen atoms in total. The van der Waals surface area contributed by atoms with Gasteiger partial charge < -0.3 is 5.11 Å². The highest BCUT2D eigenvalue weighted by Crippen LogP contribution is 2.27. The molecule has 1 heterocycles. The van der Waals surface area contributed by atoms with E-state index in [9.17, 15) is 5.11 Å². The van der Waals surface area contributed by atoms with Crippen molar-refractivity contribution in [2.75, 3.05) is 0 Å². The normalized spacial score (nSPS) is 12.8. The van der Waals surface area contributed by atoms with Gasteiger partial charge in [0.15, 0.2) is 0 Å². The summed E-state index contributed by atoms with van der Waals surface area (Å²) in [6, 6.07) is 0. The molecule has 0 aliphatic carbocycles. The maximum Gasteiger partial charge on any atom is 0.0852 e. The van der Waals surface area contributed by atoms with Crippen molar-refractivity contribution in [1.29, 1.82) is 0 Å². The van der Waals surface area contributed by atoms with Crippen molar-refractivity contribution in [3.05, 3.63) is 16.7 Å². The van der Waals surface area contributed by atoms with Crippen molar-refractivity contribution in [1.82, 2.24) is 0 Å². The fourth-order valence-corrected chi connectivity index (χ4v) is 2.75. The monoisotopic (exact) mass is 160 g/mol. The zero-order chi connectivity index (χ0) is 6.91. The smallest absolute Gasteiger partial charge is 0.0852 e. The first-order valence-electron chi connectivity index (χ1n) is 2.73. The van der Waals surface area contributed by atoms with E-state index in [-0.39, 0.29) is 0 Å². The minimum Gasteiger partial charge on any atom is -0.386 e. The Hall–Kier alpha value is 0.0900. The maximum atomic E-state index is 9.40. The molecule has 0 aliphatic rings. The number of rotatable bonds is 1. The summed E-state index contributed by atoms with van der Waals surface area (Å²) in [4.78, 5) is 0. The van der Waals surface area contributed by atoms with Gasteiger partial charge in [0.25, 0.3) is 0 Å². The third kappa shape index (κ3) is 1.75. The highest BCUT2D eigenvalue weighted by molar-refractivity contribution is 7.79. The van der Waals surface area contributed by atoms with Crippen LogP contribution in [0.1, 0.15) is 19.4 Å². The maximum absolute atomic E-state index is 9.40. The summed E-state index contributed by atoms with van der Waals surface area (Å²) in [7, 11) is 2.93. The van der Waals surface area contributed by atoms with Crippen LogP contribution in [0.2, 0.25) is 0 Å². The van der Waals surface area contributed by atoms with Crippen LogP contribution in [-0.2, 0) is 5.60 Å². The van der Waals surface area contributed by atoms with E-state index in [1.165, 1.54) is 7.37 Å². The molecule has 50 valence electrons. The van der Waals surface area contributed by atoms with Crippen molar-refractivity contribution in [2.24, 2.45) is 0 Å². The molecule has 1 aromatic rings. The van der Waals surface area contributed by atoms with Gasteiger partial charge in [-0.1, -0.05) is 0 Å². The van der Waals surface area contributed by atoms with E-state index in [1.54, 1.807) is 24.8 Å². The topological polar surface area (TPSA) is 20.2 Å². The zero-order valence-electron chi connectivity index (χ0n) is 5.46. The third-order valence-corrected chi connectivity index (χ3v) is 3.00. The van der Waals surface area contributed by atoms with Gasteiger partial charge in [0, 0.05) is 5.38 Å². The second kappa shape index (κ2) is 2.37. The van der Waals surface area contributed by atoms with Crippen molar-refractivity contribution in [3.63, 3.8) is 0 Å². The fraction of sp³-hybridized carbons (Fsp3) is 0.500. The largest absolute Gasteiger partial charge is 0.386 e. The SMILES string of the molecule is CC(C)(O)c1cpsc1. The molecule has 0 unspecified atom stereocenters. The van der Waals surface area contributed by atoms with Crippen LogP contribution in [0.5, 0.6) is 0 Å². The van der Waals surface area contributed by atoms with E-state index in [2.05, 4.69) is 0 Å². The Morgan fingerprint density at radius 3 is 2.56 bits per heavy atom.